The van der Waals surface area contributed by atoms with Crippen molar-refractivity contribution in [2.24, 2.45) is 5.92 Å². The van der Waals surface area contributed by atoms with Gasteiger partial charge in [0, 0.05) is 24.0 Å². The number of nitrogens with zero attached hydrogens (tertiary/aromatic N) is 3. The van der Waals surface area contributed by atoms with Gasteiger partial charge in [0.15, 0.2) is 0 Å². The lowest BCUT2D eigenvalue weighted by molar-refractivity contribution is 0.329. The lowest BCUT2D eigenvalue weighted by atomic mass is 9.78. The molecule has 3 atom stereocenters. The second-order valence-corrected chi connectivity index (χ2v) is 5.11. The maximum absolute atomic E-state index is 6.21. The molecule has 1 aromatic rings. The Morgan fingerprint density at radius 1 is 1.53 bits per heavy atom. The average molecular weight is 228 g/mol. The van der Waals surface area contributed by atoms with Crippen LogP contribution < -0.4 is 0 Å². The van der Waals surface area contributed by atoms with Gasteiger partial charge in [0.2, 0.25) is 0 Å². The molecular formula is C11H18ClN3. The van der Waals surface area contributed by atoms with E-state index in [1.54, 1.807) is 0 Å². The highest BCUT2D eigenvalue weighted by atomic mass is 35.5. The lowest BCUT2D eigenvalue weighted by Crippen LogP contribution is -2.22. The zero-order chi connectivity index (χ0) is 10.8. The molecule has 2 rings (SSSR count). The van der Waals surface area contributed by atoms with Crippen molar-refractivity contribution in [2.45, 2.75) is 50.9 Å². The van der Waals surface area contributed by atoms with Gasteiger partial charge in [0.1, 0.15) is 0 Å². The Balaban J connectivity index is 2.13. The zero-order valence-corrected chi connectivity index (χ0v) is 10.1. The van der Waals surface area contributed by atoms with E-state index in [1.165, 1.54) is 6.42 Å². The summed E-state index contributed by atoms with van der Waals surface area (Å²) in [4.78, 5) is 0. The number of rotatable bonds is 2. The van der Waals surface area contributed by atoms with Crippen LogP contribution in [0.4, 0.5) is 0 Å². The molecule has 0 bridgehead atoms. The Morgan fingerprint density at radius 2 is 2.33 bits per heavy atom. The van der Waals surface area contributed by atoms with E-state index in [1.807, 2.05) is 4.68 Å². The number of hydrogen-bond acceptors (Lipinski definition) is 2. The summed E-state index contributed by atoms with van der Waals surface area (Å²) in [6, 6.07) is 0. The van der Waals surface area contributed by atoms with Crippen LogP contribution in [-0.4, -0.2) is 20.4 Å². The summed E-state index contributed by atoms with van der Waals surface area (Å²) in [5.41, 5.74) is 1.12. The SMILES string of the molecule is CCn1cc(C2CC(Cl)CCC2C)nn1. The van der Waals surface area contributed by atoms with E-state index < -0.39 is 0 Å². The van der Waals surface area contributed by atoms with Crippen LogP contribution in [0.1, 0.15) is 44.7 Å². The third kappa shape index (κ3) is 2.33. The van der Waals surface area contributed by atoms with E-state index >= 15 is 0 Å². The fourth-order valence-corrected chi connectivity index (χ4v) is 2.64. The summed E-state index contributed by atoms with van der Waals surface area (Å²) in [5.74, 6) is 1.18. The zero-order valence-electron chi connectivity index (χ0n) is 9.36. The number of aromatic nitrogens is 3. The largest absolute Gasteiger partial charge is 0.253 e. The van der Waals surface area contributed by atoms with Gasteiger partial charge in [-0.2, -0.15) is 0 Å². The van der Waals surface area contributed by atoms with E-state index in [0.717, 1.165) is 25.1 Å². The van der Waals surface area contributed by atoms with E-state index in [0.29, 0.717) is 17.2 Å². The fraction of sp³-hybridized carbons (Fsp3) is 0.818. The van der Waals surface area contributed by atoms with Crippen LogP contribution in [0.5, 0.6) is 0 Å². The molecule has 0 N–H and O–H groups in total. The first-order valence-corrected chi connectivity index (χ1v) is 6.18. The molecule has 84 valence electrons. The third-order valence-electron chi connectivity index (χ3n) is 3.39. The van der Waals surface area contributed by atoms with Gasteiger partial charge in [-0.05, 0) is 32.1 Å². The van der Waals surface area contributed by atoms with Crippen molar-refractivity contribution in [1.82, 2.24) is 15.0 Å². The Bertz CT molecular complexity index is 323. The molecule has 0 amide bonds. The van der Waals surface area contributed by atoms with Gasteiger partial charge >= 0.3 is 0 Å². The fourth-order valence-electron chi connectivity index (χ4n) is 2.32. The lowest BCUT2D eigenvalue weighted by Gasteiger charge is -2.29. The quantitative estimate of drug-likeness (QED) is 0.728. The Labute approximate surface area is 95.8 Å². The third-order valence-corrected chi connectivity index (χ3v) is 3.79. The first-order valence-electron chi connectivity index (χ1n) is 5.74. The minimum absolute atomic E-state index is 0.318. The Hall–Kier alpha value is -0.570. The highest BCUT2D eigenvalue weighted by Crippen LogP contribution is 2.38. The molecule has 0 aromatic carbocycles. The van der Waals surface area contributed by atoms with Crippen LogP contribution >= 0.6 is 11.6 Å². The van der Waals surface area contributed by atoms with Crippen molar-refractivity contribution in [1.29, 1.82) is 0 Å². The molecule has 0 saturated heterocycles. The number of alkyl halides is 1. The minimum atomic E-state index is 0.318. The maximum atomic E-state index is 6.21. The standard InChI is InChI=1S/C11H18ClN3/c1-3-15-7-11(13-14-15)10-6-9(12)5-4-8(10)2/h7-10H,3-6H2,1-2H3. The number of halogens is 1. The summed E-state index contributed by atoms with van der Waals surface area (Å²) < 4.78 is 1.89. The van der Waals surface area contributed by atoms with E-state index in [9.17, 15) is 0 Å². The maximum Gasteiger partial charge on any atom is 0.0861 e. The van der Waals surface area contributed by atoms with Gasteiger partial charge in [-0.1, -0.05) is 12.1 Å². The van der Waals surface area contributed by atoms with Gasteiger partial charge in [0.05, 0.1) is 5.69 Å². The van der Waals surface area contributed by atoms with Gasteiger partial charge in [-0.15, -0.1) is 16.7 Å². The van der Waals surface area contributed by atoms with Crippen molar-refractivity contribution in [3.05, 3.63) is 11.9 Å². The molecule has 1 saturated carbocycles. The molecule has 1 aliphatic carbocycles. The second kappa shape index (κ2) is 4.52. The second-order valence-electron chi connectivity index (χ2n) is 4.49. The molecule has 1 heterocycles. The van der Waals surface area contributed by atoms with Crippen molar-refractivity contribution < 1.29 is 0 Å². The monoisotopic (exact) mass is 227 g/mol. The number of hydrogen-bond donors (Lipinski definition) is 0. The molecular weight excluding hydrogens is 210 g/mol. The molecule has 15 heavy (non-hydrogen) atoms. The van der Waals surface area contributed by atoms with Crippen LogP contribution in [0.25, 0.3) is 0 Å². The first kappa shape index (κ1) is 10.9. The predicted octanol–water partition coefficient (Wildman–Crippen LogP) is 2.81. The topological polar surface area (TPSA) is 30.7 Å². The van der Waals surface area contributed by atoms with E-state index in [-0.39, 0.29) is 0 Å². The van der Waals surface area contributed by atoms with Crippen molar-refractivity contribution in [3.8, 4) is 0 Å². The van der Waals surface area contributed by atoms with Gasteiger partial charge in [-0.25, -0.2) is 0 Å². The average Bonchev–Trinajstić information content (AvgIpc) is 2.70. The van der Waals surface area contributed by atoms with Crippen molar-refractivity contribution >= 4 is 11.6 Å². The van der Waals surface area contributed by atoms with Crippen LogP contribution in [-0.2, 0) is 6.54 Å². The van der Waals surface area contributed by atoms with Crippen LogP contribution in [0.3, 0.4) is 0 Å². The first-order chi connectivity index (χ1) is 7.20. The molecule has 0 aliphatic heterocycles. The summed E-state index contributed by atoms with van der Waals surface area (Å²) in [7, 11) is 0. The van der Waals surface area contributed by atoms with Gasteiger partial charge in [0.25, 0.3) is 0 Å². The highest BCUT2D eigenvalue weighted by Gasteiger charge is 2.29. The van der Waals surface area contributed by atoms with Gasteiger partial charge in [-0.3, -0.25) is 4.68 Å². The molecule has 0 spiro atoms. The highest BCUT2D eigenvalue weighted by molar-refractivity contribution is 6.20. The molecule has 1 aromatic heterocycles. The molecule has 3 unspecified atom stereocenters. The number of aryl methyl sites for hydroxylation is 1. The molecule has 3 nitrogen and oxygen atoms in total. The van der Waals surface area contributed by atoms with Crippen LogP contribution in [0.2, 0.25) is 0 Å². The Morgan fingerprint density at radius 3 is 3.00 bits per heavy atom. The summed E-state index contributed by atoms with van der Waals surface area (Å²) in [5, 5.41) is 8.66. The molecule has 1 fully saturated rings. The molecule has 1 aliphatic rings. The predicted molar refractivity (Wildman–Crippen MR) is 61.1 cm³/mol. The van der Waals surface area contributed by atoms with E-state index in [2.05, 4.69) is 30.4 Å². The summed E-state index contributed by atoms with van der Waals surface area (Å²) in [6.45, 7) is 5.25. The van der Waals surface area contributed by atoms with Crippen LogP contribution in [0.15, 0.2) is 6.20 Å². The van der Waals surface area contributed by atoms with Crippen LogP contribution in [0, 0.1) is 5.92 Å². The normalized spacial score (nSPS) is 31.8. The van der Waals surface area contributed by atoms with E-state index in [4.69, 9.17) is 11.6 Å². The van der Waals surface area contributed by atoms with Gasteiger partial charge < -0.3 is 0 Å². The van der Waals surface area contributed by atoms with Crippen molar-refractivity contribution in [2.75, 3.05) is 0 Å². The molecule has 0 radical (unpaired) electrons. The summed E-state index contributed by atoms with van der Waals surface area (Å²) in [6.07, 6.45) is 5.46. The molecule has 4 heteroatoms. The Kier molecular flexibility index (Phi) is 3.29. The summed E-state index contributed by atoms with van der Waals surface area (Å²) >= 11 is 6.21. The van der Waals surface area contributed by atoms with Crippen molar-refractivity contribution in [3.63, 3.8) is 0 Å². The minimum Gasteiger partial charge on any atom is -0.253 e. The smallest absolute Gasteiger partial charge is 0.0861 e.